The number of hydrogen-bond acceptors (Lipinski definition) is 5. The second-order valence-corrected chi connectivity index (χ2v) is 8.73. The van der Waals surface area contributed by atoms with Crippen molar-refractivity contribution in [2.45, 2.75) is 32.2 Å². The van der Waals surface area contributed by atoms with Crippen LogP contribution in [0, 0.1) is 0 Å². The lowest BCUT2D eigenvalue weighted by Crippen LogP contribution is -2.46. The largest absolute Gasteiger partial charge is 0.494 e. The van der Waals surface area contributed by atoms with Crippen LogP contribution in [0.5, 0.6) is 5.75 Å². The molecule has 1 fully saturated rings. The average Bonchev–Trinajstić information content (AvgIpc) is 3.29. The van der Waals surface area contributed by atoms with Gasteiger partial charge in [-0.1, -0.05) is 30.3 Å². The summed E-state index contributed by atoms with van der Waals surface area (Å²) in [5.41, 5.74) is 2.30. The molecule has 1 aliphatic rings. The molecule has 0 saturated carbocycles. The van der Waals surface area contributed by atoms with Crippen molar-refractivity contribution < 1.29 is 14.3 Å². The number of thiazole rings is 1. The van der Waals surface area contributed by atoms with Gasteiger partial charge < -0.3 is 15.0 Å². The van der Waals surface area contributed by atoms with Crippen molar-refractivity contribution in [3.8, 4) is 5.75 Å². The van der Waals surface area contributed by atoms with Crippen LogP contribution in [-0.4, -0.2) is 47.4 Å². The molecule has 1 N–H and O–H groups in total. The summed E-state index contributed by atoms with van der Waals surface area (Å²) in [5, 5.41) is 5.83. The molecule has 0 radical (unpaired) electrons. The third-order valence-electron chi connectivity index (χ3n) is 5.51. The second kappa shape index (κ2) is 10.4. The molecule has 2 amide bonds. The molecule has 1 aromatic heterocycles. The molecular formula is C25H27N3O3S. The van der Waals surface area contributed by atoms with Gasteiger partial charge in [0, 0.05) is 36.5 Å². The van der Waals surface area contributed by atoms with Gasteiger partial charge in [0.05, 0.1) is 11.6 Å². The topological polar surface area (TPSA) is 71.5 Å². The zero-order valence-corrected chi connectivity index (χ0v) is 18.9. The van der Waals surface area contributed by atoms with Crippen LogP contribution >= 0.6 is 11.3 Å². The van der Waals surface area contributed by atoms with Crippen LogP contribution in [0.1, 0.15) is 51.2 Å². The molecule has 0 unspecified atom stereocenters. The molecule has 32 heavy (non-hydrogen) atoms. The Labute approximate surface area is 192 Å². The zero-order chi connectivity index (χ0) is 22.3. The number of piperidine rings is 1. The first-order chi connectivity index (χ1) is 15.6. The maximum absolute atomic E-state index is 12.8. The first-order valence-electron chi connectivity index (χ1n) is 10.9. The highest BCUT2D eigenvalue weighted by molar-refractivity contribution is 7.09. The van der Waals surface area contributed by atoms with Gasteiger partial charge in [0.15, 0.2) is 0 Å². The van der Waals surface area contributed by atoms with E-state index in [4.69, 9.17) is 4.74 Å². The van der Waals surface area contributed by atoms with Crippen molar-refractivity contribution in [3.63, 3.8) is 0 Å². The van der Waals surface area contributed by atoms with Crippen molar-refractivity contribution in [2.75, 3.05) is 19.7 Å². The number of nitrogens with one attached hydrogen (secondary N) is 1. The fourth-order valence-electron chi connectivity index (χ4n) is 3.80. The molecule has 6 nitrogen and oxygen atoms in total. The first-order valence-corrected chi connectivity index (χ1v) is 11.8. The lowest BCUT2D eigenvalue weighted by molar-refractivity contribution is 0.0697. The van der Waals surface area contributed by atoms with Gasteiger partial charge in [-0.25, -0.2) is 4.98 Å². The minimum absolute atomic E-state index is 0.0166. The standard InChI is InChI=1S/C25H27N3O3S/c1-2-31-21-10-8-19(9-11-21)25(30)28-14-12-20(13-15-28)26-24(29)22-17-32-23(27-22)16-18-6-4-3-5-7-18/h3-11,17,20H,2,12-16H2,1H3,(H,26,29). The Balaban J connectivity index is 1.26. The summed E-state index contributed by atoms with van der Waals surface area (Å²) in [6, 6.07) is 17.4. The van der Waals surface area contributed by atoms with Gasteiger partial charge in [0.1, 0.15) is 11.4 Å². The second-order valence-electron chi connectivity index (χ2n) is 7.79. The van der Waals surface area contributed by atoms with Crippen molar-refractivity contribution >= 4 is 23.2 Å². The minimum Gasteiger partial charge on any atom is -0.494 e. The number of benzene rings is 2. The Bertz CT molecular complexity index is 1040. The normalized spacial score (nSPS) is 14.2. The van der Waals surface area contributed by atoms with Gasteiger partial charge in [-0.15, -0.1) is 11.3 Å². The maximum Gasteiger partial charge on any atom is 0.270 e. The van der Waals surface area contributed by atoms with E-state index in [0.29, 0.717) is 31.0 Å². The number of ether oxygens (including phenoxy) is 1. The van der Waals surface area contributed by atoms with E-state index in [0.717, 1.165) is 30.0 Å². The number of aromatic nitrogens is 1. The van der Waals surface area contributed by atoms with Crippen LogP contribution in [0.25, 0.3) is 0 Å². The highest BCUT2D eigenvalue weighted by Crippen LogP contribution is 2.19. The smallest absolute Gasteiger partial charge is 0.270 e. The fraction of sp³-hybridized carbons (Fsp3) is 0.320. The number of nitrogens with zero attached hydrogens (tertiary/aromatic N) is 2. The molecule has 166 valence electrons. The van der Waals surface area contributed by atoms with E-state index in [-0.39, 0.29) is 17.9 Å². The molecule has 1 saturated heterocycles. The Morgan fingerprint density at radius 3 is 2.50 bits per heavy atom. The molecule has 2 heterocycles. The van der Waals surface area contributed by atoms with Crippen LogP contribution < -0.4 is 10.1 Å². The van der Waals surface area contributed by atoms with E-state index < -0.39 is 0 Å². The summed E-state index contributed by atoms with van der Waals surface area (Å²) < 4.78 is 5.44. The fourth-order valence-corrected chi connectivity index (χ4v) is 4.60. The van der Waals surface area contributed by atoms with Crippen LogP contribution in [0.2, 0.25) is 0 Å². The molecular weight excluding hydrogens is 422 g/mol. The van der Waals surface area contributed by atoms with Crippen LogP contribution in [0.3, 0.4) is 0 Å². The third-order valence-corrected chi connectivity index (χ3v) is 6.36. The van der Waals surface area contributed by atoms with Crippen LogP contribution in [0.4, 0.5) is 0 Å². The van der Waals surface area contributed by atoms with Gasteiger partial charge >= 0.3 is 0 Å². The quantitative estimate of drug-likeness (QED) is 0.588. The molecule has 0 bridgehead atoms. The van der Waals surface area contributed by atoms with E-state index in [2.05, 4.69) is 22.4 Å². The number of hydrogen-bond donors (Lipinski definition) is 1. The highest BCUT2D eigenvalue weighted by Gasteiger charge is 2.25. The third kappa shape index (κ3) is 5.53. The Morgan fingerprint density at radius 2 is 1.81 bits per heavy atom. The van der Waals surface area contributed by atoms with E-state index in [1.165, 1.54) is 16.9 Å². The molecule has 7 heteroatoms. The summed E-state index contributed by atoms with van der Waals surface area (Å²) >= 11 is 1.51. The molecule has 2 aromatic carbocycles. The molecule has 0 spiro atoms. The van der Waals surface area contributed by atoms with Crippen LogP contribution in [0.15, 0.2) is 60.0 Å². The number of likely N-dealkylation sites (tertiary alicyclic amines) is 1. The Morgan fingerprint density at radius 1 is 1.09 bits per heavy atom. The van der Waals surface area contributed by atoms with E-state index >= 15 is 0 Å². The summed E-state index contributed by atoms with van der Waals surface area (Å²) in [4.78, 5) is 31.8. The molecule has 0 aliphatic carbocycles. The molecule has 3 aromatic rings. The predicted octanol–water partition coefficient (Wildman–Crippen LogP) is 4.17. The van der Waals surface area contributed by atoms with Crippen molar-refractivity contribution in [2.24, 2.45) is 0 Å². The Kier molecular flexibility index (Phi) is 7.17. The molecule has 0 atom stereocenters. The SMILES string of the molecule is CCOc1ccc(C(=O)N2CCC(NC(=O)c3csc(Cc4ccccc4)n3)CC2)cc1. The van der Waals surface area contributed by atoms with E-state index in [1.54, 1.807) is 12.1 Å². The number of carbonyl (C=O) groups excluding carboxylic acids is 2. The van der Waals surface area contributed by atoms with Crippen LogP contribution in [-0.2, 0) is 6.42 Å². The Hall–Kier alpha value is -3.19. The lowest BCUT2D eigenvalue weighted by atomic mass is 10.0. The zero-order valence-electron chi connectivity index (χ0n) is 18.1. The number of rotatable bonds is 7. The summed E-state index contributed by atoms with van der Waals surface area (Å²) in [5.74, 6) is 0.638. The molecule has 1 aliphatic heterocycles. The number of amides is 2. The monoisotopic (exact) mass is 449 g/mol. The summed E-state index contributed by atoms with van der Waals surface area (Å²) in [7, 11) is 0. The number of carbonyl (C=O) groups is 2. The van der Waals surface area contributed by atoms with E-state index in [1.807, 2.05) is 47.5 Å². The maximum atomic E-state index is 12.8. The van der Waals surface area contributed by atoms with E-state index in [9.17, 15) is 9.59 Å². The van der Waals surface area contributed by atoms with Gasteiger partial charge in [-0.05, 0) is 49.6 Å². The van der Waals surface area contributed by atoms with Gasteiger partial charge in [-0.2, -0.15) is 0 Å². The van der Waals surface area contributed by atoms with Gasteiger partial charge in [-0.3, -0.25) is 9.59 Å². The summed E-state index contributed by atoms with van der Waals surface area (Å²) in [6.07, 6.45) is 2.19. The summed E-state index contributed by atoms with van der Waals surface area (Å²) in [6.45, 7) is 3.77. The first kappa shape index (κ1) is 22.0. The van der Waals surface area contributed by atoms with Crippen molar-refractivity contribution in [3.05, 3.63) is 81.8 Å². The average molecular weight is 450 g/mol. The van der Waals surface area contributed by atoms with Gasteiger partial charge in [0.25, 0.3) is 11.8 Å². The van der Waals surface area contributed by atoms with Gasteiger partial charge in [0.2, 0.25) is 0 Å². The lowest BCUT2D eigenvalue weighted by Gasteiger charge is -2.32. The minimum atomic E-state index is -0.142. The predicted molar refractivity (Wildman–Crippen MR) is 125 cm³/mol. The van der Waals surface area contributed by atoms with Crippen molar-refractivity contribution in [1.29, 1.82) is 0 Å². The highest BCUT2D eigenvalue weighted by atomic mass is 32.1. The molecule has 4 rings (SSSR count). The van der Waals surface area contributed by atoms with Crippen molar-refractivity contribution in [1.82, 2.24) is 15.2 Å².